The summed E-state index contributed by atoms with van der Waals surface area (Å²) in [7, 11) is 0. The van der Waals surface area contributed by atoms with Gasteiger partial charge in [-0.25, -0.2) is 4.98 Å². The lowest BCUT2D eigenvalue weighted by molar-refractivity contribution is -0.121. The second kappa shape index (κ2) is 8.77. The van der Waals surface area contributed by atoms with E-state index >= 15 is 0 Å². The number of amides is 3. The number of carbonyl (C=O) groups excluding carboxylic acids is 3. The maximum Gasteiger partial charge on any atom is 0.260 e. The molecule has 1 saturated heterocycles. The Morgan fingerprint density at radius 2 is 1.70 bits per heavy atom. The molecule has 0 bridgehead atoms. The molecule has 6 nitrogen and oxygen atoms in total. The van der Waals surface area contributed by atoms with Crippen LogP contribution in [0, 0.1) is 0 Å². The van der Waals surface area contributed by atoms with Crippen LogP contribution >= 0.6 is 22.9 Å². The summed E-state index contributed by atoms with van der Waals surface area (Å²) in [5.74, 6) is -0.798. The van der Waals surface area contributed by atoms with Crippen molar-refractivity contribution in [3.8, 4) is 0 Å². The van der Waals surface area contributed by atoms with Crippen LogP contribution in [0.5, 0.6) is 0 Å². The molecule has 5 rings (SSSR count). The van der Waals surface area contributed by atoms with Crippen LogP contribution in [-0.4, -0.2) is 22.7 Å². The lowest BCUT2D eigenvalue weighted by atomic mass is 10.1. The van der Waals surface area contributed by atoms with Gasteiger partial charge in [0.2, 0.25) is 11.8 Å². The van der Waals surface area contributed by atoms with E-state index in [2.05, 4.69) is 4.98 Å². The third kappa shape index (κ3) is 4.13. The molecule has 1 aliphatic heterocycles. The predicted octanol–water partition coefficient (Wildman–Crippen LogP) is 5.45. The van der Waals surface area contributed by atoms with E-state index in [1.165, 1.54) is 11.3 Å². The molecule has 0 N–H and O–H groups in total. The highest BCUT2D eigenvalue weighted by molar-refractivity contribution is 7.22. The topological polar surface area (TPSA) is 70.6 Å². The van der Waals surface area contributed by atoms with Gasteiger partial charge in [-0.1, -0.05) is 65.4 Å². The Hall–Kier alpha value is -3.55. The van der Waals surface area contributed by atoms with Crippen LogP contribution < -0.4 is 9.80 Å². The number of imide groups is 1. The molecule has 3 amide bonds. The highest BCUT2D eigenvalue weighted by Gasteiger charge is 2.31. The number of fused-ring (bicyclic) bond motifs is 1. The fourth-order valence-electron chi connectivity index (χ4n) is 3.81. The van der Waals surface area contributed by atoms with Crippen LogP contribution in [0.1, 0.15) is 28.8 Å². The maximum absolute atomic E-state index is 13.7. The van der Waals surface area contributed by atoms with Gasteiger partial charge in [-0.15, -0.1) is 0 Å². The number of para-hydroxylation sites is 1. The fourth-order valence-corrected chi connectivity index (χ4v) is 5.07. The van der Waals surface area contributed by atoms with Crippen LogP contribution in [0.2, 0.25) is 5.02 Å². The van der Waals surface area contributed by atoms with Crippen LogP contribution in [0.3, 0.4) is 0 Å². The molecule has 2 heterocycles. The maximum atomic E-state index is 13.7. The standard InChI is InChI=1S/C25H18ClN3O3S/c26-19-10-5-11-20-23(19)27-25(33-20)28(15-16-6-2-1-3-7-16)24(32)17-8-4-9-18(14-17)29-21(30)12-13-22(29)31/h1-11,14H,12-13,15H2. The molecule has 164 valence electrons. The first-order valence-electron chi connectivity index (χ1n) is 10.4. The van der Waals surface area contributed by atoms with Gasteiger partial charge in [0.1, 0.15) is 5.52 Å². The molecule has 3 aromatic carbocycles. The smallest absolute Gasteiger partial charge is 0.260 e. The van der Waals surface area contributed by atoms with Crippen molar-refractivity contribution in [3.05, 3.63) is 88.9 Å². The lowest BCUT2D eigenvalue weighted by Crippen LogP contribution is -2.31. The zero-order valence-electron chi connectivity index (χ0n) is 17.4. The van der Waals surface area contributed by atoms with Gasteiger partial charge in [-0.2, -0.15) is 0 Å². The predicted molar refractivity (Wildman–Crippen MR) is 130 cm³/mol. The first-order valence-corrected chi connectivity index (χ1v) is 11.6. The summed E-state index contributed by atoms with van der Waals surface area (Å²) in [5, 5.41) is 1.04. The van der Waals surface area contributed by atoms with E-state index in [4.69, 9.17) is 11.6 Å². The molecule has 1 aliphatic rings. The number of carbonyl (C=O) groups is 3. The van der Waals surface area contributed by atoms with Crippen molar-refractivity contribution in [3.63, 3.8) is 0 Å². The van der Waals surface area contributed by atoms with Gasteiger partial charge in [0, 0.05) is 18.4 Å². The van der Waals surface area contributed by atoms with Crippen LogP contribution in [0.4, 0.5) is 10.8 Å². The number of thiazole rings is 1. The Morgan fingerprint density at radius 1 is 0.970 bits per heavy atom. The average molecular weight is 476 g/mol. The molecule has 0 spiro atoms. The summed E-state index contributed by atoms with van der Waals surface area (Å²) < 4.78 is 0.880. The van der Waals surface area contributed by atoms with Gasteiger partial charge in [-0.3, -0.25) is 24.2 Å². The molecule has 0 aliphatic carbocycles. The van der Waals surface area contributed by atoms with Gasteiger partial charge in [-0.05, 0) is 35.9 Å². The van der Waals surface area contributed by atoms with E-state index in [-0.39, 0.29) is 30.6 Å². The van der Waals surface area contributed by atoms with E-state index in [1.807, 2.05) is 42.5 Å². The van der Waals surface area contributed by atoms with Crippen molar-refractivity contribution >= 4 is 61.7 Å². The summed E-state index contributed by atoms with van der Waals surface area (Å²) in [6.07, 6.45) is 0.368. The highest BCUT2D eigenvalue weighted by atomic mass is 35.5. The van der Waals surface area contributed by atoms with Gasteiger partial charge < -0.3 is 0 Å². The van der Waals surface area contributed by atoms with E-state index in [0.717, 1.165) is 15.2 Å². The second-order valence-electron chi connectivity index (χ2n) is 7.63. The molecule has 0 radical (unpaired) electrons. The van der Waals surface area contributed by atoms with Gasteiger partial charge >= 0.3 is 0 Å². The molecular formula is C25H18ClN3O3S. The summed E-state index contributed by atoms with van der Waals surface area (Å²) in [5.41, 5.74) is 2.35. The Morgan fingerprint density at radius 3 is 2.42 bits per heavy atom. The summed E-state index contributed by atoms with van der Waals surface area (Å²) >= 11 is 7.71. The lowest BCUT2D eigenvalue weighted by Gasteiger charge is -2.21. The van der Waals surface area contributed by atoms with E-state index in [0.29, 0.717) is 33.5 Å². The second-order valence-corrected chi connectivity index (χ2v) is 9.05. The SMILES string of the molecule is O=C(c1cccc(N2C(=O)CCC2=O)c1)N(Cc1ccccc1)c1nc2c(Cl)cccc2s1. The average Bonchev–Trinajstić information content (AvgIpc) is 3.41. The molecule has 1 fully saturated rings. The van der Waals surface area contributed by atoms with Crippen molar-refractivity contribution in [2.24, 2.45) is 0 Å². The van der Waals surface area contributed by atoms with E-state index in [9.17, 15) is 14.4 Å². The Bertz CT molecular complexity index is 1370. The Balaban J connectivity index is 1.55. The highest BCUT2D eigenvalue weighted by Crippen LogP contribution is 2.34. The molecule has 0 saturated carbocycles. The number of hydrogen-bond donors (Lipinski definition) is 0. The number of halogens is 1. The van der Waals surface area contributed by atoms with Crippen LogP contribution in [-0.2, 0) is 16.1 Å². The summed E-state index contributed by atoms with van der Waals surface area (Å²) in [6.45, 7) is 0.308. The number of benzene rings is 3. The number of hydrogen-bond acceptors (Lipinski definition) is 5. The molecule has 33 heavy (non-hydrogen) atoms. The zero-order valence-corrected chi connectivity index (χ0v) is 19.0. The van der Waals surface area contributed by atoms with Gasteiger partial charge in [0.25, 0.3) is 5.91 Å². The van der Waals surface area contributed by atoms with Crippen molar-refractivity contribution < 1.29 is 14.4 Å². The minimum absolute atomic E-state index is 0.184. The van der Waals surface area contributed by atoms with E-state index < -0.39 is 0 Å². The third-order valence-electron chi connectivity index (χ3n) is 5.42. The first kappa shape index (κ1) is 21.3. The number of rotatable bonds is 5. The van der Waals surface area contributed by atoms with Crippen LogP contribution in [0.25, 0.3) is 10.2 Å². The Kier molecular flexibility index (Phi) is 5.66. The summed E-state index contributed by atoms with van der Waals surface area (Å²) in [6, 6.07) is 21.8. The molecule has 0 unspecified atom stereocenters. The minimum atomic E-state index is -0.282. The van der Waals surface area contributed by atoms with Crippen molar-refractivity contribution in [2.45, 2.75) is 19.4 Å². The molecule has 8 heteroatoms. The van der Waals surface area contributed by atoms with Crippen molar-refractivity contribution in [1.82, 2.24) is 4.98 Å². The first-order chi connectivity index (χ1) is 16.0. The largest absolute Gasteiger partial charge is 0.279 e. The van der Waals surface area contributed by atoms with Crippen LogP contribution in [0.15, 0.2) is 72.8 Å². The fraction of sp³-hybridized carbons (Fsp3) is 0.120. The summed E-state index contributed by atoms with van der Waals surface area (Å²) in [4.78, 5) is 45.5. The zero-order chi connectivity index (χ0) is 22.9. The number of nitrogens with zero attached hydrogens (tertiary/aromatic N) is 3. The van der Waals surface area contributed by atoms with Gasteiger partial charge in [0.15, 0.2) is 5.13 Å². The molecule has 1 aromatic heterocycles. The number of anilines is 2. The third-order valence-corrected chi connectivity index (χ3v) is 6.77. The van der Waals surface area contributed by atoms with Crippen molar-refractivity contribution in [1.29, 1.82) is 0 Å². The minimum Gasteiger partial charge on any atom is -0.279 e. The molecule has 0 atom stereocenters. The monoisotopic (exact) mass is 475 g/mol. The Labute approximate surface area is 199 Å². The number of aromatic nitrogens is 1. The molecule has 4 aromatic rings. The van der Waals surface area contributed by atoms with Crippen molar-refractivity contribution in [2.75, 3.05) is 9.80 Å². The molecular weight excluding hydrogens is 458 g/mol. The van der Waals surface area contributed by atoms with E-state index in [1.54, 1.807) is 35.2 Å². The van der Waals surface area contributed by atoms with Gasteiger partial charge in [0.05, 0.1) is 22.0 Å². The normalized spacial score (nSPS) is 13.7. The quantitative estimate of drug-likeness (QED) is 0.360.